The first-order valence-electron chi connectivity index (χ1n) is 8.11. The fourth-order valence-corrected chi connectivity index (χ4v) is 2.46. The Morgan fingerprint density at radius 1 is 1.35 bits per heavy atom. The van der Waals surface area contributed by atoms with E-state index in [0.29, 0.717) is 32.0 Å². The average Bonchev–Trinajstić information content (AvgIpc) is 2.50. The van der Waals surface area contributed by atoms with Crippen LogP contribution in [-0.4, -0.2) is 65.0 Å². The summed E-state index contributed by atoms with van der Waals surface area (Å²) in [4.78, 5) is 39.0. The maximum absolute atomic E-state index is 12.6. The molecule has 0 bridgehead atoms. The average molecular weight is 327 g/mol. The van der Waals surface area contributed by atoms with Crippen molar-refractivity contribution < 1.29 is 19.5 Å². The number of carbonyl (C=O) groups is 3. The number of nitrogens with zero attached hydrogens (tertiary/aromatic N) is 2. The number of likely N-dealkylation sites (N-methyl/N-ethyl adjacent to an activating group) is 1. The summed E-state index contributed by atoms with van der Waals surface area (Å²) >= 11 is 0. The number of piperidine rings is 1. The number of carbonyl (C=O) groups excluding carboxylic acids is 2. The van der Waals surface area contributed by atoms with Crippen molar-refractivity contribution in [3.8, 4) is 0 Å². The molecule has 1 saturated heterocycles. The smallest absolute Gasteiger partial charge is 0.329 e. The van der Waals surface area contributed by atoms with E-state index in [9.17, 15) is 19.5 Å². The van der Waals surface area contributed by atoms with E-state index < -0.39 is 11.5 Å². The van der Waals surface area contributed by atoms with E-state index in [1.165, 1.54) is 25.8 Å². The number of carboxylic acid groups (broad SMARTS) is 1. The zero-order valence-electron chi connectivity index (χ0n) is 14.8. The predicted molar refractivity (Wildman–Crippen MR) is 87.0 cm³/mol. The molecule has 1 heterocycles. The minimum absolute atomic E-state index is 0.156. The Kier molecular flexibility index (Phi) is 6.41. The Labute approximate surface area is 138 Å². The Morgan fingerprint density at radius 2 is 1.96 bits per heavy atom. The molecule has 0 aromatic rings. The fourth-order valence-electron chi connectivity index (χ4n) is 2.46. The zero-order valence-corrected chi connectivity index (χ0v) is 14.8. The lowest BCUT2D eigenvalue weighted by Gasteiger charge is -2.38. The van der Waals surface area contributed by atoms with Crippen LogP contribution in [0.25, 0.3) is 0 Å². The molecule has 1 rings (SSSR count). The molecule has 23 heavy (non-hydrogen) atoms. The molecule has 7 nitrogen and oxygen atoms in total. The normalized spacial score (nSPS) is 18.7. The van der Waals surface area contributed by atoms with Gasteiger partial charge in [-0.25, -0.2) is 9.59 Å². The van der Waals surface area contributed by atoms with E-state index in [-0.39, 0.29) is 17.9 Å². The highest BCUT2D eigenvalue weighted by Crippen LogP contribution is 2.22. The zero-order chi connectivity index (χ0) is 17.8. The Bertz CT molecular complexity index is 462. The molecule has 0 aromatic heterocycles. The molecule has 132 valence electrons. The van der Waals surface area contributed by atoms with Gasteiger partial charge in [0.15, 0.2) is 0 Å². The summed E-state index contributed by atoms with van der Waals surface area (Å²) in [6, 6.07) is -0.156. The summed E-state index contributed by atoms with van der Waals surface area (Å²) in [7, 11) is 1.51. The largest absolute Gasteiger partial charge is 0.480 e. The summed E-state index contributed by atoms with van der Waals surface area (Å²) < 4.78 is 0. The molecule has 0 aliphatic carbocycles. The molecule has 3 amide bonds. The number of rotatable bonds is 5. The van der Waals surface area contributed by atoms with E-state index >= 15 is 0 Å². The van der Waals surface area contributed by atoms with E-state index in [1.54, 1.807) is 4.90 Å². The predicted octanol–water partition coefficient (Wildman–Crippen LogP) is 1.39. The molecule has 0 radical (unpaired) electrons. The second kappa shape index (κ2) is 7.66. The molecular formula is C16H29N3O4. The highest BCUT2D eigenvalue weighted by molar-refractivity contribution is 5.88. The SMILES string of the molecule is CC(C)CNC(=O)N1CCCC(C(=O)N(C)C(C)(C)C(=O)O)C1. The summed E-state index contributed by atoms with van der Waals surface area (Å²) in [6.45, 7) is 8.60. The molecule has 7 heteroatoms. The fraction of sp³-hybridized carbons (Fsp3) is 0.812. The number of nitrogens with one attached hydrogen (secondary N) is 1. The third kappa shape index (κ3) is 4.84. The van der Waals surface area contributed by atoms with Crippen LogP contribution in [0.1, 0.15) is 40.5 Å². The molecule has 2 N–H and O–H groups in total. The molecule has 1 atom stereocenters. The van der Waals surface area contributed by atoms with Gasteiger partial charge in [-0.1, -0.05) is 13.8 Å². The molecular weight excluding hydrogens is 298 g/mol. The summed E-state index contributed by atoms with van der Waals surface area (Å²) in [5.41, 5.74) is -1.26. The molecule has 0 saturated carbocycles. The van der Waals surface area contributed by atoms with Gasteiger partial charge >= 0.3 is 12.0 Å². The van der Waals surface area contributed by atoms with Crippen molar-refractivity contribution in [2.24, 2.45) is 11.8 Å². The molecule has 1 aliphatic heterocycles. The van der Waals surface area contributed by atoms with Gasteiger partial charge in [0, 0.05) is 26.7 Å². The Balaban J connectivity index is 2.69. The standard InChI is InChI=1S/C16H29N3O4/c1-11(2)9-17-15(23)19-8-6-7-12(10-19)13(20)18(5)16(3,4)14(21)22/h11-12H,6-10H2,1-5H3,(H,17,23)(H,21,22). The highest BCUT2D eigenvalue weighted by Gasteiger charge is 2.39. The number of hydrogen-bond acceptors (Lipinski definition) is 3. The van der Waals surface area contributed by atoms with Crippen molar-refractivity contribution >= 4 is 17.9 Å². The second-order valence-corrected chi connectivity index (χ2v) is 7.13. The lowest BCUT2D eigenvalue weighted by atomic mass is 9.94. The van der Waals surface area contributed by atoms with Gasteiger partial charge in [-0.05, 0) is 32.6 Å². The lowest BCUT2D eigenvalue weighted by Crippen LogP contribution is -2.55. The van der Waals surface area contributed by atoms with Crippen LogP contribution in [0.4, 0.5) is 4.79 Å². The molecule has 0 aromatic carbocycles. The monoisotopic (exact) mass is 327 g/mol. The molecule has 1 aliphatic rings. The van der Waals surface area contributed by atoms with Crippen LogP contribution in [0.5, 0.6) is 0 Å². The van der Waals surface area contributed by atoms with E-state index in [1.807, 2.05) is 13.8 Å². The summed E-state index contributed by atoms with van der Waals surface area (Å²) in [6.07, 6.45) is 1.42. The maximum atomic E-state index is 12.6. The maximum Gasteiger partial charge on any atom is 0.329 e. The van der Waals surface area contributed by atoms with Gasteiger partial charge in [0.2, 0.25) is 5.91 Å². The number of hydrogen-bond donors (Lipinski definition) is 2. The highest BCUT2D eigenvalue weighted by atomic mass is 16.4. The summed E-state index contributed by atoms with van der Waals surface area (Å²) in [5, 5.41) is 12.1. The van der Waals surface area contributed by atoms with Crippen molar-refractivity contribution in [2.75, 3.05) is 26.7 Å². The topological polar surface area (TPSA) is 90.0 Å². The quantitative estimate of drug-likeness (QED) is 0.798. The molecule has 1 unspecified atom stereocenters. The third-order valence-electron chi connectivity index (χ3n) is 4.41. The Morgan fingerprint density at radius 3 is 2.48 bits per heavy atom. The van der Waals surface area contributed by atoms with Crippen molar-refractivity contribution in [1.82, 2.24) is 15.1 Å². The van der Waals surface area contributed by atoms with Crippen LogP contribution in [0.3, 0.4) is 0 Å². The number of carboxylic acids is 1. The van der Waals surface area contributed by atoms with Gasteiger partial charge in [-0.2, -0.15) is 0 Å². The minimum atomic E-state index is -1.26. The van der Waals surface area contributed by atoms with Gasteiger partial charge in [-0.3, -0.25) is 4.79 Å². The first-order valence-corrected chi connectivity index (χ1v) is 8.11. The van der Waals surface area contributed by atoms with Crippen LogP contribution >= 0.6 is 0 Å². The van der Waals surface area contributed by atoms with Crippen LogP contribution in [0.15, 0.2) is 0 Å². The van der Waals surface area contributed by atoms with Crippen LogP contribution in [-0.2, 0) is 9.59 Å². The van der Waals surface area contributed by atoms with Crippen molar-refractivity contribution in [3.05, 3.63) is 0 Å². The van der Waals surface area contributed by atoms with Crippen LogP contribution in [0.2, 0.25) is 0 Å². The first kappa shape index (κ1) is 19.3. The van der Waals surface area contributed by atoms with Gasteiger partial charge in [0.1, 0.15) is 5.54 Å². The molecule has 1 fully saturated rings. The lowest BCUT2D eigenvalue weighted by molar-refractivity contribution is -0.157. The number of likely N-dealkylation sites (tertiary alicyclic amines) is 1. The number of aliphatic carboxylic acids is 1. The molecule has 0 spiro atoms. The number of urea groups is 1. The van der Waals surface area contributed by atoms with Crippen LogP contribution < -0.4 is 5.32 Å². The Hall–Kier alpha value is -1.79. The van der Waals surface area contributed by atoms with Crippen molar-refractivity contribution in [3.63, 3.8) is 0 Å². The van der Waals surface area contributed by atoms with E-state index in [0.717, 1.165) is 6.42 Å². The van der Waals surface area contributed by atoms with Gasteiger partial charge < -0.3 is 20.2 Å². The van der Waals surface area contributed by atoms with Crippen LogP contribution in [0, 0.1) is 11.8 Å². The van der Waals surface area contributed by atoms with E-state index in [4.69, 9.17) is 0 Å². The summed E-state index contributed by atoms with van der Waals surface area (Å²) in [5.74, 6) is -1.25. The second-order valence-electron chi connectivity index (χ2n) is 7.13. The first-order chi connectivity index (χ1) is 10.6. The number of amides is 3. The van der Waals surface area contributed by atoms with Gasteiger partial charge in [0.25, 0.3) is 0 Å². The van der Waals surface area contributed by atoms with Gasteiger partial charge in [0.05, 0.1) is 5.92 Å². The van der Waals surface area contributed by atoms with Crippen molar-refractivity contribution in [2.45, 2.75) is 46.1 Å². The third-order valence-corrected chi connectivity index (χ3v) is 4.41. The van der Waals surface area contributed by atoms with Crippen molar-refractivity contribution in [1.29, 1.82) is 0 Å². The van der Waals surface area contributed by atoms with Gasteiger partial charge in [-0.15, -0.1) is 0 Å². The minimum Gasteiger partial charge on any atom is -0.480 e. The van der Waals surface area contributed by atoms with E-state index in [2.05, 4.69) is 5.32 Å².